The van der Waals surface area contributed by atoms with E-state index < -0.39 is 12.1 Å². The van der Waals surface area contributed by atoms with E-state index in [0.29, 0.717) is 19.4 Å². The maximum Gasteiger partial charge on any atom is 0.305 e. The summed E-state index contributed by atoms with van der Waals surface area (Å²) in [6, 6.07) is -0.628. The number of rotatable bonds is 58. The molecule has 2 unspecified atom stereocenters. The van der Waals surface area contributed by atoms with E-state index in [-0.39, 0.29) is 18.5 Å². The summed E-state index contributed by atoms with van der Waals surface area (Å²) in [5.74, 6) is -0.0520. The lowest BCUT2D eigenvalue weighted by molar-refractivity contribution is -0.143. The van der Waals surface area contributed by atoms with Crippen molar-refractivity contribution in [1.29, 1.82) is 0 Å². The summed E-state index contributed by atoms with van der Waals surface area (Å²) in [4.78, 5) is 24.5. The lowest BCUT2D eigenvalue weighted by Crippen LogP contribution is -2.45. The van der Waals surface area contributed by atoms with Gasteiger partial charge in [-0.05, 0) is 32.1 Å². The number of hydrogen-bond acceptors (Lipinski definition) is 5. The lowest BCUT2D eigenvalue weighted by atomic mass is 10.0. The minimum Gasteiger partial charge on any atom is -0.466 e. The predicted molar refractivity (Wildman–Crippen MR) is 297 cm³/mol. The number of unbranched alkanes of at least 4 members (excludes halogenated alkanes) is 47. The zero-order chi connectivity index (χ0) is 49.3. The zero-order valence-electron chi connectivity index (χ0n) is 46.1. The van der Waals surface area contributed by atoms with E-state index in [4.69, 9.17) is 4.74 Å². The number of aliphatic hydroxyl groups is 2. The smallest absolute Gasteiger partial charge is 0.305 e. The molecule has 0 aliphatic heterocycles. The molecule has 404 valence electrons. The Morgan fingerprint density at radius 2 is 0.676 bits per heavy atom. The van der Waals surface area contributed by atoms with Crippen LogP contribution in [0.4, 0.5) is 0 Å². The Morgan fingerprint density at radius 1 is 0.397 bits per heavy atom. The van der Waals surface area contributed by atoms with Gasteiger partial charge in [0.05, 0.1) is 25.4 Å². The van der Waals surface area contributed by atoms with E-state index in [2.05, 4.69) is 19.2 Å². The van der Waals surface area contributed by atoms with E-state index in [1.165, 1.54) is 283 Å². The van der Waals surface area contributed by atoms with Gasteiger partial charge in [0.2, 0.25) is 5.91 Å². The van der Waals surface area contributed by atoms with Crippen molar-refractivity contribution in [2.24, 2.45) is 0 Å². The predicted octanol–water partition coefficient (Wildman–Crippen LogP) is 19.2. The number of aliphatic hydroxyl groups excluding tert-OH is 2. The van der Waals surface area contributed by atoms with Gasteiger partial charge in [0, 0.05) is 12.8 Å². The van der Waals surface area contributed by atoms with Gasteiger partial charge in [-0.25, -0.2) is 0 Å². The molecule has 6 heteroatoms. The highest BCUT2D eigenvalue weighted by atomic mass is 16.5. The average Bonchev–Trinajstić information content (AvgIpc) is 3.34. The molecule has 0 saturated carbocycles. The average molecular weight is 961 g/mol. The molecule has 0 aliphatic carbocycles. The first-order chi connectivity index (χ1) is 33.5. The fourth-order valence-electron chi connectivity index (χ4n) is 9.81. The first kappa shape index (κ1) is 66.6. The molecule has 0 fully saturated rings. The van der Waals surface area contributed by atoms with Crippen molar-refractivity contribution in [3.8, 4) is 0 Å². The Balaban J connectivity index is 3.39. The van der Waals surface area contributed by atoms with Crippen LogP contribution in [-0.4, -0.2) is 47.4 Å². The molecule has 0 aromatic carbocycles. The quantitative estimate of drug-likeness (QED) is 0.0321. The maximum absolute atomic E-state index is 12.5. The molecule has 0 rings (SSSR count). The molecule has 0 bridgehead atoms. The van der Waals surface area contributed by atoms with Gasteiger partial charge in [-0.15, -0.1) is 0 Å². The first-order valence-corrected chi connectivity index (χ1v) is 31.0. The third-order valence-electron chi connectivity index (χ3n) is 14.6. The zero-order valence-corrected chi connectivity index (χ0v) is 46.1. The van der Waals surface area contributed by atoms with Crippen LogP contribution in [0.15, 0.2) is 12.2 Å². The third-order valence-corrected chi connectivity index (χ3v) is 14.6. The van der Waals surface area contributed by atoms with Crippen molar-refractivity contribution in [3.05, 3.63) is 12.2 Å². The Hall–Kier alpha value is -1.40. The Bertz CT molecular complexity index is 1020. The Labute approximate surface area is 425 Å². The number of allylic oxidation sites excluding steroid dienone is 1. The highest BCUT2D eigenvalue weighted by molar-refractivity contribution is 5.76. The summed E-state index contributed by atoms with van der Waals surface area (Å²) >= 11 is 0. The maximum atomic E-state index is 12.5. The first-order valence-electron chi connectivity index (χ1n) is 31.0. The topological polar surface area (TPSA) is 95.9 Å². The molecule has 0 aromatic rings. The molecule has 0 heterocycles. The number of carbonyl (C=O) groups is 2. The summed E-state index contributed by atoms with van der Waals surface area (Å²) < 4.78 is 5.49. The molecular formula is C62H121NO5. The summed E-state index contributed by atoms with van der Waals surface area (Å²) in [5, 5.41) is 23.1. The summed E-state index contributed by atoms with van der Waals surface area (Å²) in [7, 11) is 0. The summed E-state index contributed by atoms with van der Waals surface area (Å²) in [6.07, 6.45) is 69.6. The van der Waals surface area contributed by atoms with E-state index in [9.17, 15) is 19.8 Å². The van der Waals surface area contributed by atoms with Gasteiger partial charge in [0.25, 0.3) is 0 Å². The molecule has 2 atom stereocenters. The monoisotopic (exact) mass is 960 g/mol. The molecule has 0 aromatic heterocycles. The SMILES string of the molecule is CCCCCCCCCCCCCCCC/C=C/C(O)C(CO)NC(=O)CCCCCCCCCCCCCCCCCCCCCCCOC(=O)CCCCCCCCCCCCCCCC. The highest BCUT2D eigenvalue weighted by Crippen LogP contribution is 2.18. The van der Waals surface area contributed by atoms with Crippen LogP contribution < -0.4 is 5.32 Å². The van der Waals surface area contributed by atoms with Gasteiger partial charge < -0.3 is 20.3 Å². The Kier molecular flexibility index (Phi) is 57.0. The van der Waals surface area contributed by atoms with Crippen molar-refractivity contribution >= 4 is 11.9 Å². The minimum absolute atomic E-state index is 0.0143. The van der Waals surface area contributed by atoms with E-state index >= 15 is 0 Å². The number of hydrogen-bond donors (Lipinski definition) is 3. The molecule has 6 nitrogen and oxygen atoms in total. The molecule has 0 radical (unpaired) electrons. The summed E-state index contributed by atoms with van der Waals surface area (Å²) in [6.45, 7) is 4.93. The second-order valence-corrected chi connectivity index (χ2v) is 21.4. The Morgan fingerprint density at radius 3 is 1.00 bits per heavy atom. The molecule has 0 aliphatic rings. The van der Waals surface area contributed by atoms with Crippen LogP contribution in [0.1, 0.15) is 348 Å². The van der Waals surface area contributed by atoms with Crippen molar-refractivity contribution in [2.75, 3.05) is 13.2 Å². The van der Waals surface area contributed by atoms with E-state index in [0.717, 1.165) is 38.5 Å². The van der Waals surface area contributed by atoms with Gasteiger partial charge in [0.15, 0.2) is 0 Å². The number of carbonyl (C=O) groups excluding carboxylic acids is 2. The second-order valence-electron chi connectivity index (χ2n) is 21.4. The number of ether oxygens (including phenoxy) is 1. The number of esters is 1. The second kappa shape index (κ2) is 58.2. The van der Waals surface area contributed by atoms with Gasteiger partial charge in [-0.3, -0.25) is 9.59 Å². The van der Waals surface area contributed by atoms with Crippen LogP contribution in [0.3, 0.4) is 0 Å². The van der Waals surface area contributed by atoms with E-state index in [1.54, 1.807) is 6.08 Å². The van der Waals surface area contributed by atoms with Crippen LogP contribution in [0.2, 0.25) is 0 Å². The fraction of sp³-hybridized carbons (Fsp3) is 0.935. The van der Waals surface area contributed by atoms with Gasteiger partial charge in [-0.2, -0.15) is 0 Å². The molecular weight excluding hydrogens is 839 g/mol. The largest absolute Gasteiger partial charge is 0.466 e. The normalized spacial score (nSPS) is 12.6. The fourth-order valence-corrected chi connectivity index (χ4v) is 9.81. The third kappa shape index (κ3) is 53.9. The number of nitrogens with one attached hydrogen (secondary N) is 1. The molecule has 3 N–H and O–H groups in total. The molecule has 68 heavy (non-hydrogen) atoms. The minimum atomic E-state index is -0.844. The van der Waals surface area contributed by atoms with Crippen LogP contribution in [0.5, 0.6) is 0 Å². The van der Waals surface area contributed by atoms with Crippen molar-refractivity contribution < 1.29 is 24.5 Å². The van der Waals surface area contributed by atoms with E-state index in [1.807, 2.05) is 6.08 Å². The lowest BCUT2D eigenvalue weighted by Gasteiger charge is -2.20. The van der Waals surface area contributed by atoms with Crippen molar-refractivity contribution in [1.82, 2.24) is 5.32 Å². The highest BCUT2D eigenvalue weighted by Gasteiger charge is 2.18. The summed E-state index contributed by atoms with van der Waals surface area (Å²) in [5.41, 5.74) is 0. The van der Waals surface area contributed by atoms with Crippen molar-refractivity contribution in [3.63, 3.8) is 0 Å². The van der Waals surface area contributed by atoms with Crippen LogP contribution in [-0.2, 0) is 14.3 Å². The van der Waals surface area contributed by atoms with Crippen LogP contribution in [0, 0.1) is 0 Å². The number of amides is 1. The van der Waals surface area contributed by atoms with Gasteiger partial charge in [0.1, 0.15) is 0 Å². The molecule has 1 amide bonds. The standard InChI is InChI=1S/C62H121NO5/c1-3-5-7-9-11-13-15-17-19-27-30-34-38-42-46-50-54-60(65)59(58-64)63-61(66)55-51-47-43-39-35-31-28-25-23-21-20-22-24-26-29-33-37-41-45-49-53-57-68-62(67)56-52-48-44-40-36-32-18-16-14-12-10-8-6-4-2/h50,54,59-60,64-65H,3-49,51-53,55-58H2,1-2H3,(H,63,66)/b54-50+. The van der Waals surface area contributed by atoms with Crippen LogP contribution >= 0.6 is 0 Å². The van der Waals surface area contributed by atoms with Gasteiger partial charge >= 0.3 is 5.97 Å². The van der Waals surface area contributed by atoms with Crippen molar-refractivity contribution in [2.45, 2.75) is 360 Å². The molecule has 0 spiro atoms. The van der Waals surface area contributed by atoms with Gasteiger partial charge in [-0.1, -0.05) is 315 Å². The van der Waals surface area contributed by atoms with Crippen LogP contribution in [0.25, 0.3) is 0 Å². The molecule has 0 saturated heterocycles.